The molecule has 3 aromatic carbocycles. The number of ether oxygens (including phenoxy) is 5. The van der Waals surface area contributed by atoms with E-state index >= 15 is 0 Å². The molecule has 71 heavy (non-hydrogen) atoms. The molecule has 5 aromatic rings. The summed E-state index contributed by atoms with van der Waals surface area (Å²) < 4.78 is 47.1. The van der Waals surface area contributed by atoms with Crippen LogP contribution in [-0.4, -0.2) is 92.7 Å². The van der Waals surface area contributed by atoms with Gasteiger partial charge in [-0.05, 0) is 77.2 Å². The minimum absolute atomic E-state index is 0.0274. The molecule has 386 valence electrons. The van der Waals surface area contributed by atoms with E-state index in [1.807, 2.05) is 80.6 Å². The Labute approximate surface area is 418 Å². The lowest BCUT2D eigenvalue weighted by Crippen LogP contribution is -2.49. The Morgan fingerprint density at radius 1 is 0.577 bits per heavy atom. The van der Waals surface area contributed by atoms with Crippen LogP contribution in [0, 0.1) is 11.8 Å². The van der Waals surface area contributed by atoms with Crippen molar-refractivity contribution in [2.45, 2.75) is 134 Å². The van der Waals surface area contributed by atoms with E-state index in [-0.39, 0.29) is 47.3 Å². The predicted molar refractivity (Wildman–Crippen MR) is 278 cm³/mol. The van der Waals surface area contributed by atoms with Crippen molar-refractivity contribution in [2.24, 2.45) is 11.8 Å². The SMILES string of the molecule is CC1C(O[Si](C)(C)C(C)(C)C)C(CO)OC1n1ccc(=O)[nH]c1=O.COc1ccc(C(OCC2OC(n3ccc(=O)[nH]c3=O)C(C)C2O[Si](C)(C)C(C)(C)C)(c2ccccc2)c2ccc(OC)cc2)cc1. The lowest BCUT2D eigenvalue weighted by molar-refractivity contribution is -0.0933. The first kappa shape index (κ1) is 55.1. The molecule has 2 fully saturated rings. The molecule has 0 radical (unpaired) electrons. The fourth-order valence-electron chi connectivity index (χ4n) is 8.62. The molecule has 18 heteroatoms. The first-order chi connectivity index (χ1) is 33.3. The fraction of sp³-hybridized carbons (Fsp3) is 0.509. The molecule has 0 bridgehead atoms. The molecule has 16 nitrogen and oxygen atoms in total. The summed E-state index contributed by atoms with van der Waals surface area (Å²) in [7, 11) is -1.08. The highest BCUT2D eigenvalue weighted by Crippen LogP contribution is 2.47. The molecule has 0 spiro atoms. The summed E-state index contributed by atoms with van der Waals surface area (Å²) in [6.07, 6.45) is -0.0825. The van der Waals surface area contributed by atoms with Crippen LogP contribution >= 0.6 is 0 Å². The molecule has 2 aliphatic rings. The maximum absolute atomic E-state index is 13.0. The molecule has 4 heterocycles. The van der Waals surface area contributed by atoms with Crippen molar-refractivity contribution in [1.29, 1.82) is 0 Å². The molecular formula is C53H74N4O12Si2. The van der Waals surface area contributed by atoms with E-state index < -0.39 is 69.4 Å². The number of aliphatic hydroxyl groups is 1. The molecule has 0 aliphatic carbocycles. The minimum Gasteiger partial charge on any atom is -0.497 e. The van der Waals surface area contributed by atoms with Gasteiger partial charge in [0, 0.05) is 36.4 Å². The number of nitrogens with zero attached hydrogens (tertiary/aromatic N) is 2. The standard InChI is InChI=1S/C37H46N2O7Si.C16H28N2O5Si/c1-25-33(46-47(7,8)36(2,3)4)31(45-34(25)39-23-22-32(40)38-35(39)41)24-44-37(26-12-10-9-11-13-26,27-14-18-29(42-5)19-15-27)28-16-20-30(43-6)21-17-28;1-10-13(23-24(5,6)16(2,3)4)11(9-19)22-14(10)18-8-7-12(20)17-15(18)21/h9-23,25,31,33-34H,24H2,1-8H3,(H,38,40,41);7-8,10-11,13-14,19H,9H2,1-6H3,(H,17,20,21). The maximum atomic E-state index is 13.0. The number of hydrogen-bond acceptors (Lipinski definition) is 12. The normalized spacial score (nSPS) is 23.0. The minimum atomic E-state index is -2.30. The highest BCUT2D eigenvalue weighted by molar-refractivity contribution is 6.74. The van der Waals surface area contributed by atoms with Crippen LogP contribution in [0.15, 0.2) is 123 Å². The van der Waals surface area contributed by atoms with Gasteiger partial charge in [-0.2, -0.15) is 0 Å². The second kappa shape index (κ2) is 21.9. The van der Waals surface area contributed by atoms with Gasteiger partial charge in [-0.25, -0.2) is 9.59 Å². The third-order valence-electron chi connectivity index (χ3n) is 14.8. The van der Waals surface area contributed by atoms with Gasteiger partial charge in [-0.15, -0.1) is 0 Å². The van der Waals surface area contributed by atoms with Gasteiger partial charge in [-0.1, -0.05) is 110 Å². The summed E-state index contributed by atoms with van der Waals surface area (Å²) in [5.74, 6) is 1.10. The number of aromatic nitrogens is 4. The third kappa shape index (κ3) is 11.9. The Hall–Kier alpha value is -5.19. The largest absolute Gasteiger partial charge is 0.497 e. The van der Waals surface area contributed by atoms with Crippen molar-refractivity contribution in [1.82, 2.24) is 19.1 Å². The van der Waals surface area contributed by atoms with Crippen molar-refractivity contribution in [3.63, 3.8) is 0 Å². The molecule has 8 unspecified atom stereocenters. The molecule has 2 aromatic heterocycles. The van der Waals surface area contributed by atoms with E-state index in [0.717, 1.165) is 28.2 Å². The van der Waals surface area contributed by atoms with Gasteiger partial charge in [-0.3, -0.25) is 28.7 Å². The maximum Gasteiger partial charge on any atom is 0.330 e. The van der Waals surface area contributed by atoms with Gasteiger partial charge in [0.15, 0.2) is 16.6 Å². The Morgan fingerprint density at radius 3 is 1.32 bits per heavy atom. The highest BCUT2D eigenvalue weighted by atomic mass is 28.4. The summed E-state index contributed by atoms with van der Waals surface area (Å²) in [4.78, 5) is 52.8. The van der Waals surface area contributed by atoms with E-state index in [1.54, 1.807) is 14.2 Å². The first-order valence-corrected chi connectivity index (χ1v) is 30.0. The molecular weight excluding hydrogens is 941 g/mol. The van der Waals surface area contributed by atoms with Crippen LogP contribution in [0.1, 0.15) is 84.5 Å². The van der Waals surface area contributed by atoms with Crippen molar-refractivity contribution < 1.29 is 37.6 Å². The van der Waals surface area contributed by atoms with Gasteiger partial charge in [0.1, 0.15) is 41.8 Å². The molecule has 2 saturated heterocycles. The summed E-state index contributed by atoms with van der Waals surface area (Å²) in [5, 5.41) is 9.66. The van der Waals surface area contributed by atoms with Crippen molar-refractivity contribution >= 4 is 16.6 Å². The summed E-state index contributed by atoms with van der Waals surface area (Å²) in [5.41, 5.74) is -0.294. The van der Waals surface area contributed by atoms with E-state index in [9.17, 15) is 24.3 Å². The van der Waals surface area contributed by atoms with E-state index in [4.69, 9.17) is 32.5 Å². The molecule has 2 aliphatic heterocycles. The molecule has 7 rings (SSSR count). The smallest absolute Gasteiger partial charge is 0.330 e. The van der Waals surface area contributed by atoms with Crippen LogP contribution in [0.4, 0.5) is 0 Å². The van der Waals surface area contributed by atoms with Gasteiger partial charge in [0.25, 0.3) is 11.1 Å². The number of hydrogen-bond donors (Lipinski definition) is 3. The summed E-state index contributed by atoms with van der Waals surface area (Å²) >= 11 is 0. The number of nitrogens with one attached hydrogen (secondary N) is 2. The van der Waals surface area contributed by atoms with Crippen molar-refractivity contribution in [3.05, 3.63) is 162 Å². The highest BCUT2D eigenvalue weighted by Gasteiger charge is 2.51. The number of methoxy groups -OCH3 is 2. The summed E-state index contributed by atoms with van der Waals surface area (Å²) in [6, 6.07) is 28.5. The van der Waals surface area contributed by atoms with Crippen LogP contribution in [0.3, 0.4) is 0 Å². The average molecular weight is 1020 g/mol. The number of H-pyrrole nitrogens is 2. The average Bonchev–Trinajstić information content (AvgIpc) is 3.79. The molecule has 3 N–H and O–H groups in total. The Morgan fingerprint density at radius 2 is 0.958 bits per heavy atom. The van der Waals surface area contributed by atoms with Crippen LogP contribution in [-0.2, 0) is 28.7 Å². The van der Waals surface area contributed by atoms with Gasteiger partial charge < -0.3 is 37.6 Å². The predicted octanol–water partition coefficient (Wildman–Crippen LogP) is 7.94. The van der Waals surface area contributed by atoms with E-state index in [0.29, 0.717) is 0 Å². The Kier molecular flexibility index (Phi) is 17.0. The van der Waals surface area contributed by atoms with E-state index in [2.05, 4.69) is 89.8 Å². The van der Waals surface area contributed by atoms with Crippen molar-refractivity contribution in [3.8, 4) is 11.5 Å². The molecule has 0 saturated carbocycles. The lowest BCUT2D eigenvalue weighted by atomic mass is 9.80. The second-order valence-corrected chi connectivity index (χ2v) is 31.1. The van der Waals surface area contributed by atoms with Crippen LogP contribution in [0.25, 0.3) is 0 Å². The monoisotopic (exact) mass is 1010 g/mol. The topological polar surface area (TPSA) is 195 Å². The van der Waals surface area contributed by atoms with E-state index in [1.165, 1.54) is 33.7 Å². The number of aliphatic hydroxyl groups excluding tert-OH is 1. The number of rotatable bonds is 15. The van der Waals surface area contributed by atoms with Crippen LogP contribution < -0.4 is 32.0 Å². The summed E-state index contributed by atoms with van der Waals surface area (Å²) in [6.45, 7) is 25.7. The first-order valence-electron chi connectivity index (χ1n) is 24.2. The van der Waals surface area contributed by atoms with Crippen LogP contribution in [0.2, 0.25) is 36.3 Å². The zero-order valence-corrected chi connectivity index (χ0v) is 45.7. The van der Waals surface area contributed by atoms with Crippen molar-refractivity contribution in [2.75, 3.05) is 27.4 Å². The zero-order chi connectivity index (χ0) is 52.3. The number of aromatic amines is 2. The Balaban J connectivity index is 0.000000288. The quantitative estimate of drug-likeness (QED) is 0.0678. The van der Waals surface area contributed by atoms with Gasteiger partial charge >= 0.3 is 11.4 Å². The fourth-order valence-corrected chi connectivity index (χ4v) is 11.4. The van der Waals surface area contributed by atoms with Gasteiger partial charge in [0.2, 0.25) is 0 Å². The Bertz CT molecular complexity index is 2730. The molecule has 8 atom stereocenters. The molecule has 0 amide bonds. The van der Waals surface area contributed by atoms with Crippen LogP contribution in [0.5, 0.6) is 11.5 Å². The third-order valence-corrected chi connectivity index (χ3v) is 23.8. The second-order valence-electron chi connectivity index (χ2n) is 21.6. The zero-order valence-electron chi connectivity index (χ0n) is 43.7. The lowest BCUT2D eigenvalue weighted by Gasteiger charge is -2.41. The number of benzene rings is 3. The van der Waals surface area contributed by atoms with Gasteiger partial charge in [0.05, 0.1) is 39.6 Å².